The number of carboxylic acids is 1. The molecule has 1 heterocycles. The first-order valence-corrected chi connectivity index (χ1v) is 8.64. The molecule has 116 valence electrons. The Morgan fingerprint density at radius 3 is 2.76 bits per heavy atom. The van der Waals surface area contributed by atoms with E-state index in [1.165, 1.54) is 16.4 Å². The Balaban J connectivity index is 2.39. The molecule has 0 spiro atoms. The van der Waals surface area contributed by atoms with Gasteiger partial charge in [0.05, 0.1) is 10.5 Å². The van der Waals surface area contributed by atoms with E-state index in [2.05, 4.69) is 6.92 Å². The van der Waals surface area contributed by atoms with E-state index in [-0.39, 0.29) is 10.5 Å². The fourth-order valence-corrected chi connectivity index (χ4v) is 4.53. The molecule has 2 rings (SSSR count). The Morgan fingerprint density at radius 2 is 2.14 bits per heavy atom. The Bertz CT molecular complexity index is 639. The second-order valence-electron chi connectivity index (χ2n) is 5.56. The summed E-state index contributed by atoms with van der Waals surface area (Å²) in [5.74, 6) is -0.729. The Morgan fingerprint density at radius 1 is 1.43 bits per heavy atom. The second kappa shape index (κ2) is 6.15. The van der Waals surface area contributed by atoms with Gasteiger partial charge in [-0.3, -0.25) is 0 Å². The molecule has 21 heavy (non-hydrogen) atoms. The van der Waals surface area contributed by atoms with Gasteiger partial charge in [0.15, 0.2) is 0 Å². The van der Waals surface area contributed by atoms with E-state index >= 15 is 0 Å². The van der Waals surface area contributed by atoms with Crippen molar-refractivity contribution in [1.29, 1.82) is 0 Å². The van der Waals surface area contributed by atoms with Crippen molar-refractivity contribution >= 4 is 16.0 Å². The number of carboxylic acid groups (broad SMARTS) is 1. The van der Waals surface area contributed by atoms with Crippen molar-refractivity contribution in [2.24, 2.45) is 5.92 Å². The van der Waals surface area contributed by atoms with Gasteiger partial charge in [0.1, 0.15) is 0 Å². The van der Waals surface area contributed by atoms with Crippen LogP contribution >= 0.6 is 0 Å². The van der Waals surface area contributed by atoms with Crippen molar-refractivity contribution in [1.82, 2.24) is 4.31 Å². The molecule has 1 atom stereocenters. The lowest BCUT2D eigenvalue weighted by Crippen LogP contribution is -2.40. The van der Waals surface area contributed by atoms with Crippen LogP contribution in [0.1, 0.15) is 42.1 Å². The first-order valence-electron chi connectivity index (χ1n) is 7.20. The van der Waals surface area contributed by atoms with E-state index in [0.717, 1.165) is 19.3 Å². The van der Waals surface area contributed by atoms with E-state index in [1.54, 1.807) is 13.0 Å². The molecule has 1 aromatic rings. The predicted molar refractivity (Wildman–Crippen MR) is 79.9 cm³/mol. The molecule has 1 aliphatic rings. The molecule has 0 aliphatic carbocycles. The minimum absolute atomic E-state index is 0.00299. The normalized spacial score (nSPS) is 20.4. The average molecular weight is 311 g/mol. The third-order valence-corrected chi connectivity index (χ3v) is 6.12. The van der Waals surface area contributed by atoms with Crippen LogP contribution in [0.4, 0.5) is 0 Å². The highest BCUT2D eigenvalue weighted by molar-refractivity contribution is 7.89. The first kappa shape index (κ1) is 16.0. The smallest absolute Gasteiger partial charge is 0.335 e. The number of benzene rings is 1. The van der Waals surface area contributed by atoms with Crippen LogP contribution in [0.15, 0.2) is 23.1 Å². The van der Waals surface area contributed by atoms with Gasteiger partial charge in [-0.1, -0.05) is 19.4 Å². The summed E-state index contributed by atoms with van der Waals surface area (Å²) in [5.41, 5.74) is 0.585. The highest BCUT2D eigenvalue weighted by Gasteiger charge is 2.31. The summed E-state index contributed by atoms with van der Waals surface area (Å²) in [6.07, 6.45) is 2.87. The second-order valence-corrected chi connectivity index (χ2v) is 7.47. The van der Waals surface area contributed by atoms with Crippen LogP contribution in [0, 0.1) is 12.8 Å². The minimum Gasteiger partial charge on any atom is -0.478 e. The van der Waals surface area contributed by atoms with E-state index in [1.807, 2.05) is 0 Å². The van der Waals surface area contributed by atoms with E-state index in [0.29, 0.717) is 24.6 Å². The van der Waals surface area contributed by atoms with Crippen molar-refractivity contribution in [3.05, 3.63) is 29.3 Å². The first-order chi connectivity index (χ1) is 9.86. The minimum atomic E-state index is -3.62. The number of piperidine rings is 1. The molecule has 6 heteroatoms. The van der Waals surface area contributed by atoms with Crippen molar-refractivity contribution in [2.45, 2.75) is 38.0 Å². The summed E-state index contributed by atoms with van der Waals surface area (Å²) in [4.78, 5) is 11.2. The summed E-state index contributed by atoms with van der Waals surface area (Å²) in [5, 5.41) is 9.05. The molecule has 0 amide bonds. The molecule has 1 aliphatic heterocycles. The number of carbonyl (C=O) groups is 1. The summed E-state index contributed by atoms with van der Waals surface area (Å²) < 4.78 is 27.1. The van der Waals surface area contributed by atoms with Crippen LogP contribution in [0.3, 0.4) is 0 Å². The van der Waals surface area contributed by atoms with Gasteiger partial charge in [0.2, 0.25) is 10.0 Å². The van der Waals surface area contributed by atoms with E-state index < -0.39 is 16.0 Å². The van der Waals surface area contributed by atoms with Gasteiger partial charge in [-0.25, -0.2) is 13.2 Å². The van der Waals surface area contributed by atoms with Crippen LogP contribution in [0.5, 0.6) is 0 Å². The SMILES string of the molecule is CCC1CCCN(S(=O)(=O)c2cc(C(=O)O)ccc2C)C1. The summed E-state index contributed by atoms with van der Waals surface area (Å²) >= 11 is 0. The zero-order valence-corrected chi connectivity index (χ0v) is 13.2. The number of nitrogens with zero attached hydrogens (tertiary/aromatic N) is 1. The lowest BCUT2D eigenvalue weighted by molar-refractivity contribution is 0.0696. The van der Waals surface area contributed by atoms with Crippen LogP contribution in [0.2, 0.25) is 0 Å². The number of aromatic carboxylic acids is 1. The van der Waals surface area contributed by atoms with E-state index in [4.69, 9.17) is 5.11 Å². The van der Waals surface area contributed by atoms with Crippen LogP contribution in [-0.2, 0) is 10.0 Å². The highest BCUT2D eigenvalue weighted by atomic mass is 32.2. The number of sulfonamides is 1. The Hall–Kier alpha value is -1.40. The van der Waals surface area contributed by atoms with Crippen molar-refractivity contribution in [2.75, 3.05) is 13.1 Å². The largest absolute Gasteiger partial charge is 0.478 e. The van der Waals surface area contributed by atoms with Crippen molar-refractivity contribution in [3.8, 4) is 0 Å². The zero-order valence-electron chi connectivity index (χ0n) is 12.4. The fraction of sp³-hybridized carbons (Fsp3) is 0.533. The lowest BCUT2D eigenvalue weighted by atomic mass is 9.97. The number of hydrogen-bond acceptors (Lipinski definition) is 3. The molecule has 0 bridgehead atoms. The molecule has 5 nitrogen and oxygen atoms in total. The lowest BCUT2D eigenvalue weighted by Gasteiger charge is -2.31. The number of hydrogen-bond donors (Lipinski definition) is 1. The van der Waals surface area contributed by atoms with E-state index in [9.17, 15) is 13.2 Å². The third-order valence-electron chi connectivity index (χ3n) is 4.11. The number of aryl methyl sites for hydroxylation is 1. The Labute approximate surface area is 125 Å². The highest BCUT2D eigenvalue weighted by Crippen LogP contribution is 2.27. The molecule has 1 N–H and O–H groups in total. The molecule has 0 radical (unpaired) electrons. The summed E-state index contributed by atoms with van der Waals surface area (Å²) in [7, 11) is -3.62. The van der Waals surface area contributed by atoms with Gasteiger partial charge in [-0.2, -0.15) is 4.31 Å². The molecular weight excluding hydrogens is 290 g/mol. The standard InChI is InChI=1S/C15H21NO4S/c1-3-12-5-4-8-16(10-12)21(19,20)14-9-13(15(17)18)7-6-11(14)2/h6-7,9,12H,3-5,8,10H2,1-2H3,(H,17,18). The molecule has 0 saturated carbocycles. The van der Waals surface area contributed by atoms with Gasteiger partial charge < -0.3 is 5.11 Å². The maximum atomic E-state index is 12.8. The van der Waals surface area contributed by atoms with Gasteiger partial charge >= 0.3 is 5.97 Å². The average Bonchev–Trinajstić information content (AvgIpc) is 2.47. The summed E-state index contributed by atoms with van der Waals surface area (Å²) in [6.45, 7) is 4.79. The molecule has 1 fully saturated rings. The molecule has 1 unspecified atom stereocenters. The molecule has 0 aromatic heterocycles. The van der Waals surface area contributed by atoms with Crippen LogP contribution in [-0.4, -0.2) is 36.9 Å². The summed E-state index contributed by atoms with van der Waals surface area (Å²) in [6, 6.07) is 4.25. The Kier molecular flexibility index (Phi) is 4.68. The van der Waals surface area contributed by atoms with Crippen molar-refractivity contribution in [3.63, 3.8) is 0 Å². The van der Waals surface area contributed by atoms with Gasteiger partial charge in [0, 0.05) is 13.1 Å². The van der Waals surface area contributed by atoms with Crippen LogP contribution < -0.4 is 0 Å². The van der Waals surface area contributed by atoms with Crippen molar-refractivity contribution < 1.29 is 18.3 Å². The molecule has 1 aromatic carbocycles. The zero-order chi connectivity index (χ0) is 15.6. The predicted octanol–water partition coefficient (Wildman–Crippen LogP) is 2.50. The van der Waals surface area contributed by atoms with Gasteiger partial charge in [0.25, 0.3) is 0 Å². The van der Waals surface area contributed by atoms with Gasteiger partial charge in [-0.05, 0) is 43.4 Å². The fourth-order valence-electron chi connectivity index (χ4n) is 2.73. The van der Waals surface area contributed by atoms with Crippen LogP contribution in [0.25, 0.3) is 0 Å². The maximum absolute atomic E-state index is 12.8. The quantitative estimate of drug-likeness (QED) is 0.927. The maximum Gasteiger partial charge on any atom is 0.335 e. The number of rotatable bonds is 4. The molecule has 1 saturated heterocycles. The topological polar surface area (TPSA) is 74.7 Å². The monoisotopic (exact) mass is 311 g/mol. The molecular formula is C15H21NO4S. The third kappa shape index (κ3) is 3.27. The van der Waals surface area contributed by atoms with Gasteiger partial charge in [-0.15, -0.1) is 0 Å².